The summed E-state index contributed by atoms with van der Waals surface area (Å²) >= 11 is 0. The molecule has 0 bridgehead atoms. The molecule has 1 aliphatic heterocycles. The third kappa shape index (κ3) is 1.34. The largest absolute Gasteiger partial charge is 0.386 e. The first-order valence-electron chi connectivity index (χ1n) is 3.14. The highest BCUT2D eigenvalue weighted by molar-refractivity contribution is 4.99. The van der Waals surface area contributed by atoms with Gasteiger partial charge >= 0.3 is 0 Å². The van der Waals surface area contributed by atoms with Crippen LogP contribution in [-0.4, -0.2) is 41.9 Å². The second-order valence-corrected chi connectivity index (χ2v) is 2.27. The number of aliphatic hydroxyl groups excluding tert-OH is 2. The van der Waals surface area contributed by atoms with Gasteiger partial charge in [-0.2, -0.15) is 5.26 Å². The van der Waals surface area contributed by atoms with Crippen molar-refractivity contribution in [3.63, 3.8) is 0 Å². The lowest BCUT2D eigenvalue weighted by Gasteiger charge is -2.10. The van der Waals surface area contributed by atoms with Crippen LogP contribution in [0.1, 0.15) is 0 Å². The van der Waals surface area contributed by atoms with Gasteiger partial charge in [0, 0.05) is 7.11 Å². The Labute approximate surface area is 63.8 Å². The van der Waals surface area contributed by atoms with Crippen LogP contribution in [0, 0.1) is 11.3 Å². The van der Waals surface area contributed by atoms with Crippen molar-refractivity contribution in [1.82, 2.24) is 0 Å². The summed E-state index contributed by atoms with van der Waals surface area (Å²) in [7, 11) is 1.33. The van der Waals surface area contributed by atoms with Gasteiger partial charge in [-0.3, -0.25) is 0 Å². The van der Waals surface area contributed by atoms with E-state index in [1.165, 1.54) is 7.11 Å². The van der Waals surface area contributed by atoms with Crippen molar-refractivity contribution in [1.29, 1.82) is 5.26 Å². The SMILES string of the molecule is COC1OC(C#N)C(O)C1O. The minimum absolute atomic E-state index is 0.894. The first-order chi connectivity index (χ1) is 5.20. The zero-order valence-electron chi connectivity index (χ0n) is 5.97. The molecule has 0 aromatic carbocycles. The van der Waals surface area contributed by atoms with E-state index in [0.29, 0.717) is 0 Å². The molecule has 0 aromatic rings. The Bertz CT molecular complexity index is 178. The summed E-state index contributed by atoms with van der Waals surface area (Å²) in [5, 5.41) is 26.6. The molecule has 0 aliphatic carbocycles. The molecular formula is C6H9NO4. The van der Waals surface area contributed by atoms with Crippen molar-refractivity contribution in [3.05, 3.63) is 0 Å². The van der Waals surface area contributed by atoms with Crippen LogP contribution < -0.4 is 0 Å². The van der Waals surface area contributed by atoms with Gasteiger partial charge in [0.15, 0.2) is 12.4 Å². The van der Waals surface area contributed by atoms with Crippen molar-refractivity contribution in [2.24, 2.45) is 0 Å². The lowest BCUT2D eigenvalue weighted by molar-refractivity contribution is -0.141. The summed E-state index contributed by atoms with van der Waals surface area (Å²) in [5.41, 5.74) is 0. The number of ether oxygens (including phenoxy) is 2. The van der Waals surface area contributed by atoms with Crippen LogP contribution in [0.4, 0.5) is 0 Å². The summed E-state index contributed by atoms with van der Waals surface area (Å²) in [4.78, 5) is 0. The van der Waals surface area contributed by atoms with E-state index in [2.05, 4.69) is 4.74 Å². The van der Waals surface area contributed by atoms with E-state index in [1.807, 2.05) is 0 Å². The molecule has 2 N–H and O–H groups in total. The van der Waals surface area contributed by atoms with Gasteiger partial charge in [0.1, 0.15) is 12.2 Å². The van der Waals surface area contributed by atoms with Crippen LogP contribution in [0.5, 0.6) is 0 Å². The Morgan fingerprint density at radius 1 is 1.45 bits per heavy atom. The summed E-state index contributed by atoms with van der Waals surface area (Å²) in [5.74, 6) is 0. The van der Waals surface area contributed by atoms with E-state index in [4.69, 9.17) is 20.2 Å². The van der Waals surface area contributed by atoms with Crippen LogP contribution in [0.3, 0.4) is 0 Å². The molecule has 0 saturated carbocycles. The maximum Gasteiger partial charge on any atom is 0.187 e. The first-order valence-corrected chi connectivity index (χ1v) is 3.14. The number of methoxy groups -OCH3 is 1. The van der Waals surface area contributed by atoms with E-state index in [1.54, 1.807) is 6.07 Å². The minimum Gasteiger partial charge on any atom is -0.386 e. The van der Waals surface area contributed by atoms with Gasteiger partial charge in [-0.15, -0.1) is 0 Å². The Kier molecular flexibility index (Phi) is 2.42. The summed E-state index contributed by atoms with van der Waals surface area (Å²) in [6.07, 6.45) is -4.20. The lowest BCUT2D eigenvalue weighted by atomic mass is 10.1. The number of rotatable bonds is 1. The van der Waals surface area contributed by atoms with Crippen LogP contribution >= 0.6 is 0 Å². The monoisotopic (exact) mass is 159 g/mol. The smallest absolute Gasteiger partial charge is 0.187 e. The first kappa shape index (κ1) is 8.43. The topological polar surface area (TPSA) is 82.7 Å². The van der Waals surface area contributed by atoms with Gasteiger partial charge in [-0.1, -0.05) is 0 Å². The van der Waals surface area contributed by atoms with Crippen LogP contribution in [0.25, 0.3) is 0 Å². The van der Waals surface area contributed by atoms with E-state index < -0.39 is 24.6 Å². The fraction of sp³-hybridized carbons (Fsp3) is 0.833. The molecule has 1 heterocycles. The highest BCUT2D eigenvalue weighted by atomic mass is 16.7. The van der Waals surface area contributed by atoms with Crippen molar-refractivity contribution < 1.29 is 19.7 Å². The number of hydrogen-bond acceptors (Lipinski definition) is 5. The molecule has 62 valence electrons. The van der Waals surface area contributed by atoms with Crippen LogP contribution in [-0.2, 0) is 9.47 Å². The third-order valence-electron chi connectivity index (χ3n) is 1.58. The van der Waals surface area contributed by atoms with E-state index in [0.717, 1.165) is 0 Å². The predicted molar refractivity (Wildman–Crippen MR) is 33.3 cm³/mol. The van der Waals surface area contributed by atoms with Gasteiger partial charge in [0.2, 0.25) is 0 Å². The molecule has 4 atom stereocenters. The molecule has 1 rings (SSSR count). The summed E-state index contributed by atoms with van der Waals surface area (Å²) in [6.45, 7) is 0. The molecule has 5 nitrogen and oxygen atoms in total. The summed E-state index contributed by atoms with van der Waals surface area (Å²) < 4.78 is 9.44. The van der Waals surface area contributed by atoms with Gasteiger partial charge < -0.3 is 19.7 Å². The standard InChI is InChI=1S/C6H9NO4/c1-10-6-5(9)4(8)3(2-7)11-6/h3-6,8-9H,1H3. The number of hydrogen-bond donors (Lipinski definition) is 2. The number of aliphatic hydroxyl groups is 2. The molecular weight excluding hydrogens is 150 g/mol. The molecule has 11 heavy (non-hydrogen) atoms. The van der Waals surface area contributed by atoms with E-state index in [-0.39, 0.29) is 0 Å². The Balaban J connectivity index is 2.62. The Morgan fingerprint density at radius 2 is 2.09 bits per heavy atom. The predicted octanol–water partition coefficient (Wildman–Crippen LogP) is -1.40. The van der Waals surface area contributed by atoms with E-state index in [9.17, 15) is 0 Å². The van der Waals surface area contributed by atoms with E-state index >= 15 is 0 Å². The molecule has 5 heteroatoms. The summed E-state index contributed by atoms with van der Waals surface area (Å²) in [6, 6.07) is 1.70. The van der Waals surface area contributed by atoms with Crippen molar-refractivity contribution in [3.8, 4) is 6.07 Å². The molecule has 1 aliphatic rings. The number of nitrogens with zero attached hydrogens (tertiary/aromatic N) is 1. The van der Waals surface area contributed by atoms with Crippen LogP contribution in [0.2, 0.25) is 0 Å². The maximum absolute atomic E-state index is 9.11. The zero-order valence-corrected chi connectivity index (χ0v) is 5.97. The number of nitriles is 1. The highest BCUT2D eigenvalue weighted by Gasteiger charge is 2.42. The lowest BCUT2D eigenvalue weighted by Crippen LogP contribution is -2.32. The molecule has 1 fully saturated rings. The molecule has 0 amide bonds. The third-order valence-corrected chi connectivity index (χ3v) is 1.58. The maximum atomic E-state index is 9.11. The second kappa shape index (κ2) is 3.15. The Morgan fingerprint density at radius 3 is 2.36 bits per heavy atom. The molecule has 4 unspecified atom stereocenters. The average molecular weight is 159 g/mol. The van der Waals surface area contributed by atoms with Crippen molar-refractivity contribution in [2.75, 3.05) is 7.11 Å². The minimum atomic E-state index is -1.18. The van der Waals surface area contributed by atoms with Gasteiger partial charge in [-0.25, -0.2) is 0 Å². The fourth-order valence-electron chi connectivity index (χ4n) is 0.947. The van der Waals surface area contributed by atoms with Crippen molar-refractivity contribution >= 4 is 0 Å². The molecule has 1 saturated heterocycles. The van der Waals surface area contributed by atoms with Crippen molar-refractivity contribution in [2.45, 2.75) is 24.6 Å². The molecule has 0 radical (unpaired) electrons. The van der Waals surface area contributed by atoms with Gasteiger partial charge in [0.05, 0.1) is 6.07 Å². The molecule has 0 aromatic heterocycles. The normalized spacial score (nSPS) is 43.8. The Hall–Kier alpha value is -0.670. The molecule has 0 spiro atoms. The quantitative estimate of drug-likeness (QED) is 0.492. The zero-order chi connectivity index (χ0) is 8.43. The fourth-order valence-corrected chi connectivity index (χ4v) is 0.947. The second-order valence-electron chi connectivity index (χ2n) is 2.27. The van der Waals surface area contributed by atoms with Gasteiger partial charge in [0.25, 0.3) is 0 Å². The van der Waals surface area contributed by atoms with Gasteiger partial charge in [-0.05, 0) is 0 Å². The van der Waals surface area contributed by atoms with Crippen LogP contribution in [0.15, 0.2) is 0 Å². The average Bonchev–Trinajstić information content (AvgIpc) is 2.30. The highest BCUT2D eigenvalue weighted by Crippen LogP contribution is 2.20.